The van der Waals surface area contributed by atoms with Gasteiger partial charge in [0, 0.05) is 22.0 Å². The van der Waals surface area contributed by atoms with Crippen LogP contribution in [0, 0.1) is 0 Å². The quantitative estimate of drug-likeness (QED) is 0.907. The Kier molecular flexibility index (Phi) is 4.50. The second-order valence-corrected chi connectivity index (χ2v) is 6.65. The molecule has 0 saturated heterocycles. The molecule has 102 valence electrons. The summed E-state index contributed by atoms with van der Waals surface area (Å²) >= 11 is 7.83. The maximum absolute atomic E-state index is 6.30. The summed E-state index contributed by atoms with van der Waals surface area (Å²) in [6.07, 6.45) is 1.50. The zero-order chi connectivity index (χ0) is 13.9. The molecule has 0 fully saturated rings. The number of rotatable bonds is 4. The van der Waals surface area contributed by atoms with Gasteiger partial charge in [0.15, 0.2) is 5.16 Å². The molecule has 0 atom stereocenters. The van der Waals surface area contributed by atoms with E-state index in [1.165, 1.54) is 18.1 Å². The monoisotopic (exact) mass is 296 g/mol. The number of nitrogens with one attached hydrogen (secondary N) is 2. The van der Waals surface area contributed by atoms with Gasteiger partial charge in [-0.2, -0.15) is 5.10 Å². The largest absolute Gasteiger partial charge is 0.308 e. The highest BCUT2D eigenvalue weighted by molar-refractivity contribution is 7.99. The molecule has 0 bridgehead atoms. The zero-order valence-electron chi connectivity index (χ0n) is 11.2. The molecule has 0 aliphatic heterocycles. The lowest BCUT2D eigenvalue weighted by Crippen LogP contribution is -2.35. The van der Waals surface area contributed by atoms with Gasteiger partial charge in [-0.05, 0) is 50.2 Å². The third kappa shape index (κ3) is 4.23. The van der Waals surface area contributed by atoms with Gasteiger partial charge < -0.3 is 5.32 Å². The van der Waals surface area contributed by atoms with E-state index in [1.807, 2.05) is 18.2 Å². The number of hydrogen-bond donors (Lipinski definition) is 2. The predicted molar refractivity (Wildman–Crippen MR) is 78.6 cm³/mol. The van der Waals surface area contributed by atoms with Crippen LogP contribution in [0.2, 0.25) is 5.02 Å². The Labute approximate surface area is 122 Å². The first-order valence-corrected chi connectivity index (χ1v) is 7.21. The minimum Gasteiger partial charge on any atom is -0.308 e. The molecule has 2 aromatic rings. The number of hydrogen-bond acceptors (Lipinski definition) is 4. The van der Waals surface area contributed by atoms with Gasteiger partial charge in [0.25, 0.3) is 0 Å². The van der Waals surface area contributed by atoms with E-state index >= 15 is 0 Å². The molecule has 19 heavy (non-hydrogen) atoms. The van der Waals surface area contributed by atoms with Crippen LogP contribution in [0.15, 0.2) is 34.6 Å². The fraction of sp³-hybridized carbons (Fsp3) is 0.385. The molecule has 2 rings (SSSR count). The third-order valence-corrected chi connectivity index (χ3v) is 3.82. The predicted octanol–water partition coefficient (Wildman–Crippen LogP) is 3.50. The summed E-state index contributed by atoms with van der Waals surface area (Å²) in [6.45, 7) is 7.12. The van der Waals surface area contributed by atoms with Crippen LogP contribution in [0.3, 0.4) is 0 Å². The molecule has 0 aliphatic rings. The SMILES string of the molecule is CC(C)(C)NCc1c(Cl)cccc1Sc1ncn[nH]1. The number of nitrogens with zero attached hydrogens (tertiary/aromatic N) is 2. The average molecular weight is 297 g/mol. The van der Waals surface area contributed by atoms with Crippen molar-refractivity contribution in [1.29, 1.82) is 0 Å². The van der Waals surface area contributed by atoms with Crippen molar-refractivity contribution in [2.45, 2.75) is 42.9 Å². The molecular formula is C13H17ClN4S. The first-order valence-electron chi connectivity index (χ1n) is 6.01. The maximum atomic E-state index is 6.30. The Morgan fingerprint density at radius 1 is 1.37 bits per heavy atom. The fourth-order valence-corrected chi connectivity index (χ4v) is 2.66. The van der Waals surface area contributed by atoms with Crippen LogP contribution >= 0.6 is 23.4 Å². The highest BCUT2D eigenvalue weighted by Gasteiger charge is 2.14. The normalized spacial score (nSPS) is 11.8. The van der Waals surface area contributed by atoms with Gasteiger partial charge in [0.05, 0.1) is 0 Å². The van der Waals surface area contributed by atoms with Crippen molar-refractivity contribution in [3.05, 3.63) is 35.1 Å². The van der Waals surface area contributed by atoms with Crippen molar-refractivity contribution in [1.82, 2.24) is 20.5 Å². The summed E-state index contributed by atoms with van der Waals surface area (Å²) < 4.78 is 0. The van der Waals surface area contributed by atoms with E-state index in [-0.39, 0.29) is 5.54 Å². The highest BCUT2D eigenvalue weighted by Crippen LogP contribution is 2.32. The molecule has 1 aromatic heterocycles. The van der Waals surface area contributed by atoms with Gasteiger partial charge >= 0.3 is 0 Å². The fourth-order valence-electron chi connectivity index (χ4n) is 1.51. The molecule has 0 unspecified atom stereocenters. The minimum absolute atomic E-state index is 0.0490. The Hall–Kier alpha value is -1.04. The number of H-pyrrole nitrogens is 1. The van der Waals surface area contributed by atoms with E-state index in [9.17, 15) is 0 Å². The van der Waals surface area contributed by atoms with Gasteiger partial charge in [-0.15, -0.1) is 0 Å². The Bertz CT molecular complexity index is 534. The van der Waals surface area contributed by atoms with E-state index in [0.29, 0.717) is 0 Å². The summed E-state index contributed by atoms with van der Waals surface area (Å²) in [5.41, 5.74) is 1.13. The van der Waals surface area contributed by atoms with Gasteiger partial charge in [-0.25, -0.2) is 4.98 Å². The second-order valence-electron chi connectivity index (χ2n) is 5.21. The minimum atomic E-state index is 0.0490. The first kappa shape index (κ1) is 14.4. The van der Waals surface area contributed by atoms with Crippen molar-refractivity contribution in [3.63, 3.8) is 0 Å². The van der Waals surface area contributed by atoms with Crippen molar-refractivity contribution in [2.75, 3.05) is 0 Å². The molecule has 1 aromatic carbocycles. The molecule has 0 radical (unpaired) electrons. The summed E-state index contributed by atoms with van der Waals surface area (Å²) in [5.74, 6) is 0. The smallest absolute Gasteiger partial charge is 0.188 e. The van der Waals surface area contributed by atoms with Gasteiger partial charge in [0.2, 0.25) is 0 Å². The van der Waals surface area contributed by atoms with Gasteiger partial charge in [-0.1, -0.05) is 17.7 Å². The first-order chi connectivity index (χ1) is 8.96. The molecule has 0 aliphatic carbocycles. The number of halogens is 1. The molecule has 0 amide bonds. The zero-order valence-corrected chi connectivity index (χ0v) is 12.8. The van der Waals surface area contributed by atoms with Crippen LogP contribution in [0.1, 0.15) is 26.3 Å². The van der Waals surface area contributed by atoms with E-state index in [2.05, 4.69) is 41.3 Å². The molecule has 1 heterocycles. The van der Waals surface area contributed by atoms with Crippen molar-refractivity contribution < 1.29 is 0 Å². The van der Waals surface area contributed by atoms with Crippen LogP contribution < -0.4 is 5.32 Å². The Balaban J connectivity index is 2.20. The molecule has 6 heteroatoms. The maximum Gasteiger partial charge on any atom is 0.188 e. The van der Waals surface area contributed by atoms with Crippen LogP contribution in [0.25, 0.3) is 0 Å². The number of benzene rings is 1. The summed E-state index contributed by atoms with van der Waals surface area (Å²) in [6, 6.07) is 5.89. The van der Waals surface area contributed by atoms with E-state index in [4.69, 9.17) is 11.6 Å². The average Bonchev–Trinajstić information content (AvgIpc) is 2.79. The lowest BCUT2D eigenvalue weighted by atomic mass is 10.1. The lowest BCUT2D eigenvalue weighted by molar-refractivity contribution is 0.422. The van der Waals surface area contributed by atoms with Gasteiger partial charge in [-0.3, -0.25) is 5.10 Å². The van der Waals surface area contributed by atoms with E-state index in [0.717, 1.165) is 27.2 Å². The van der Waals surface area contributed by atoms with Crippen molar-refractivity contribution in [3.8, 4) is 0 Å². The summed E-state index contributed by atoms with van der Waals surface area (Å²) in [5, 5.41) is 11.7. The van der Waals surface area contributed by atoms with Crippen molar-refractivity contribution >= 4 is 23.4 Å². The van der Waals surface area contributed by atoms with Crippen LogP contribution in [0.5, 0.6) is 0 Å². The number of aromatic nitrogens is 3. The van der Waals surface area contributed by atoms with Gasteiger partial charge in [0.1, 0.15) is 6.33 Å². The van der Waals surface area contributed by atoms with E-state index < -0.39 is 0 Å². The van der Waals surface area contributed by atoms with Crippen LogP contribution in [-0.4, -0.2) is 20.7 Å². The van der Waals surface area contributed by atoms with E-state index in [1.54, 1.807) is 0 Å². The molecule has 0 saturated carbocycles. The second kappa shape index (κ2) is 5.94. The molecule has 2 N–H and O–H groups in total. The lowest BCUT2D eigenvalue weighted by Gasteiger charge is -2.22. The Morgan fingerprint density at radius 3 is 2.79 bits per heavy atom. The summed E-state index contributed by atoms with van der Waals surface area (Å²) in [7, 11) is 0. The summed E-state index contributed by atoms with van der Waals surface area (Å²) in [4.78, 5) is 5.21. The van der Waals surface area contributed by atoms with Crippen LogP contribution in [0.4, 0.5) is 0 Å². The molecule has 4 nitrogen and oxygen atoms in total. The van der Waals surface area contributed by atoms with Crippen molar-refractivity contribution in [2.24, 2.45) is 0 Å². The molecule has 0 spiro atoms. The third-order valence-electron chi connectivity index (χ3n) is 2.47. The molecular weight excluding hydrogens is 280 g/mol. The Morgan fingerprint density at radius 2 is 2.16 bits per heavy atom. The standard InChI is InChI=1S/C13H17ClN4S/c1-13(2,3)16-7-9-10(14)5-4-6-11(9)19-12-15-8-17-18-12/h4-6,8,16H,7H2,1-3H3,(H,15,17,18). The topological polar surface area (TPSA) is 53.6 Å². The number of aromatic amines is 1. The van der Waals surface area contributed by atoms with Crippen LogP contribution in [-0.2, 0) is 6.54 Å². The highest BCUT2D eigenvalue weighted by atomic mass is 35.5.